The van der Waals surface area contributed by atoms with Crippen molar-refractivity contribution in [3.05, 3.63) is 52.7 Å². The van der Waals surface area contributed by atoms with Gasteiger partial charge in [-0.2, -0.15) is 0 Å². The zero-order valence-corrected chi connectivity index (χ0v) is 20.8. The first kappa shape index (κ1) is 26.0. The molecule has 3 unspecified atom stereocenters. The number of carbonyl (C=O) groups excluding carboxylic acids is 1. The average molecular weight is 541 g/mol. The fraction of sp³-hybridized carbons (Fsp3) is 0.333. The van der Waals surface area contributed by atoms with Gasteiger partial charge in [-0.3, -0.25) is 0 Å². The number of aryl methyl sites for hydroxylation is 1. The van der Waals surface area contributed by atoms with Gasteiger partial charge in [0.1, 0.15) is 11.9 Å². The van der Waals surface area contributed by atoms with Crippen LogP contribution in [0.15, 0.2) is 29.6 Å². The van der Waals surface area contributed by atoms with E-state index in [9.17, 15) is 19.4 Å². The molecule has 15 heteroatoms. The number of nitrogens with two attached hydrogens (primary N) is 2. The summed E-state index contributed by atoms with van der Waals surface area (Å²) in [6.45, 7) is 1.40. The SMILES string of the molecule is COc1nc(-c2cc(F)ccc2[C@H]2Cc3nc(N)nc(C)c3/C(=N/OCC3OC(=O)C(O)C3O)N2)cnc1N. The predicted octanol–water partition coefficient (Wildman–Crippen LogP) is -0.233. The summed E-state index contributed by atoms with van der Waals surface area (Å²) in [5, 5.41) is 27.0. The van der Waals surface area contributed by atoms with Crippen molar-refractivity contribution in [3.63, 3.8) is 0 Å². The highest BCUT2D eigenvalue weighted by molar-refractivity contribution is 6.01. The molecule has 7 N–H and O–H groups in total. The number of halogens is 1. The van der Waals surface area contributed by atoms with Crippen LogP contribution >= 0.6 is 0 Å². The first-order valence-electron chi connectivity index (χ1n) is 11.8. The minimum absolute atomic E-state index is 0.0654. The van der Waals surface area contributed by atoms with Gasteiger partial charge in [-0.25, -0.2) is 29.1 Å². The maximum absolute atomic E-state index is 14.4. The Hall–Kier alpha value is -4.63. The number of esters is 1. The number of carbonyl (C=O) groups is 1. The van der Waals surface area contributed by atoms with E-state index in [4.69, 9.17) is 25.8 Å². The minimum Gasteiger partial charge on any atom is -0.478 e. The Labute approximate surface area is 220 Å². The third-order valence-electron chi connectivity index (χ3n) is 6.36. The van der Waals surface area contributed by atoms with Crippen molar-refractivity contribution < 1.29 is 33.7 Å². The van der Waals surface area contributed by atoms with Gasteiger partial charge in [-0.15, -0.1) is 0 Å². The Morgan fingerprint density at radius 1 is 1.26 bits per heavy atom. The van der Waals surface area contributed by atoms with E-state index in [1.54, 1.807) is 13.0 Å². The Balaban J connectivity index is 1.51. The number of ether oxygens (including phenoxy) is 2. The fourth-order valence-corrected chi connectivity index (χ4v) is 4.51. The summed E-state index contributed by atoms with van der Waals surface area (Å²) in [4.78, 5) is 34.0. The average Bonchev–Trinajstić information content (AvgIpc) is 3.14. The number of oxime groups is 1. The number of nitrogens with one attached hydrogen (secondary N) is 1. The standard InChI is InChI=1S/C24H25FN8O6/c1-9-17-14(32-24(27)29-9)6-13(30-21(17)33-38-8-16-18(34)19(35)23(36)39-16)11-4-3-10(25)5-12(11)15-7-28-20(26)22(31-15)37-2/h3-5,7,13,16,18-19,34-35H,6,8H2,1-2H3,(H2,26,28)(H,30,33)(H2,27,29,32)/t13-,16?,18?,19?/m1/s1. The lowest BCUT2D eigenvalue weighted by molar-refractivity contribution is -0.148. The molecular weight excluding hydrogens is 515 g/mol. The second kappa shape index (κ2) is 10.3. The fourth-order valence-electron chi connectivity index (χ4n) is 4.51. The summed E-state index contributed by atoms with van der Waals surface area (Å²) < 4.78 is 24.5. The number of aromatic nitrogens is 4. The number of hydrogen-bond acceptors (Lipinski definition) is 13. The molecule has 0 amide bonds. The predicted molar refractivity (Wildman–Crippen MR) is 134 cm³/mol. The van der Waals surface area contributed by atoms with Crippen LogP contribution in [0.25, 0.3) is 11.3 Å². The van der Waals surface area contributed by atoms with Gasteiger partial charge in [0, 0.05) is 12.0 Å². The van der Waals surface area contributed by atoms with Crippen molar-refractivity contribution in [3.8, 4) is 17.1 Å². The molecule has 0 radical (unpaired) electrons. The molecule has 1 fully saturated rings. The summed E-state index contributed by atoms with van der Waals surface area (Å²) in [5.41, 5.74) is 14.7. The largest absolute Gasteiger partial charge is 0.478 e. The highest BCUT2D eigenvalue weighted by atomic mass is 19.1. The van der Waals surface area contributed by atoms with Crippen molar-refractivity contribution in [2.24, 2.45) is 5.16 Å². The zero-order chi connectivity index (χ0) is 27.8. The number of rotatable bonds is 6. The van der Waals surface area contributed by atoms with Gasteiger partial charge < -0.3 is 41.3 Å². The maximum Gasteiger partial charge on any atom is 0.338 e. The van der Waals surface area contributed by atoms with Crippen LogP contribution in [0, 0.1) is 12.7 Å². The highest BCUT2D eigenvalue weighted by Crippen LogP contribution is 2.34. The number of cyclic esters (lactones) is 1. The van der Waals surface area contributed by atoms with Crippen LogP contribution in [0.4, 0.5) is 16.2 Å². The molecule has 0 spiro atoms. The topological polar surface area (TPSA) is 213 Å². The van der Waals surface area contributed by atoms with Crippen LogP contribution in [-0.2, 0) is 20.8 Å². The molecule has 1 saturated heterocycles. The molecule has 14 nitrogen and oxygen atoms in total. The Morgan fingerprint density at radius 3 is 2.77 bits per heavy atom. The van der Waals surface area contributed by atoms with Gasteiger partial charge in [0.2, 0.25) is 5.95 Å². The number of hydrogen-bond donors (Lipinski definition) is 5. The van der Waals surface area contributed by atoms with Crippen molar-refractivity contribution in [1.82, 2.24) is 25.3 Å². The third kappa shape index (κ3) is 4.96. The van der Waals surface area contributed by atoms with E-state index in [1.807, 2.05) is 0 Å². The van der Waals surface area contributed by atoms with Crippen LogP contribution in [0.3, 0.4) is 0 Å². The molecule has 4 atom stereocenters. The number of fused-ring (bicyclic) bond motifs is 1. The summed E-state index contributed by atoms with van der Waals surface area (Å²) in [6, 6.07) is 3.72. The molecule has 0 bridgehead atoms. The summed E-state index contributed by atoms with van der Waals surface area (Å²) >= 11 is 0. The Bertz CT molecular complexity index is 1470. The normalized spacial score (nSPS) is 23.2. The second-order valence-electron chi connectivity index (χ2n) is 8.92. The van der Waals surface area contributed by atoms with Crippen LogP contribution < -0.4 is 21.5 Å². The van der Waals surface area contributed by atoms with Gasteiger partial charge >= 0.3 is 5.97 Å². The molecular formula is C24H25FN8O6. The molecule has 0 saturated carbocycles. The molecule has 1 aromatic carbocycles. The first-order chi connectivity index (χ1) is 18.7. The zero-order valence-electron chi connectivity index (χ0n) is 20.8. The van der Waals surface area contributed by atoms with Crippen LogP contribution in [0.5, 0.6) is 5.88 Å². The van der Waals surface area contributed by atoms with Crippen molar-refractivity contribution >= 4 is 23.6 Å². The maximum atomic E-state index is 14.4. The van der Waals surface area contributed by atoms with Crippen molar-refractivity contribution in [1.29, 1.82) is 0 Å². The van der Waals surface area contributed by atoms with Crippen LogP contribution in [-0.4, -0.2) is 74.0 Å². The van der Waals surface area contributed by atoms with E-state index >= 15 is 0 Å². The lowest BCUT2D eigenvalue weighted by Gasteiger charge is -2.29. The monoisotopic (exact) mass is 540 g/mol. The van der Waals surface area contributed by atoms with Gasteiger partial charge in [-0.05, 0) is 24.6 Å². The number of nitrogens with zero attached hydrogens (tertiary/aromatic N) is 5. The van der Waals surface area contributed by atoms with E-state index in [0.29, 0.717) is 40.2 Å². The molecule has 5 rings (SSSR count). The van der Waals surface area contributed by atoms with Crippen molar-refractivity contribution in [2.75, 3.05) is 25.2 Å². The van der Waals surface area contributed by atoms with Gasteiger partial charge in [0.05, 0.1) is 42.0 Å². The second-order valence-corrected chi connectivity index (χ2v) is 8.92. The van der Waals surface area contributed by atoms with Crippen LogP contribution in [0.2, 0.25) is 0 Å². The van der Waals surface area contributed by atoms with Gasteiger partial charge in [-0.1, -0.05) is 11.2 Å². The Morgan fingerprint density at radius 2 is 2.05 bits per heavy atom. The lowest BCUT2D eigenvalue weighted by atomic mass is 9.90. The molecule has 2 aliphatic heterocycles. The Kier molecular flexibility index (Phi) is 6.84. The number of benzene rings is 1. The molecule has 2 aromatic heterocycles. The molecule has 0 aliphatic carbocycles. The number of nitrogen functional groups attached to an aromatic ring is 2. The van der Waals surface area contributed by atoms with E-state index in [0.717, 1.165) is 0 Å². The first-order valence-corrected chi connectivity index (χ1v) is 11.8. The number of anilines is 2. The third-order valence-corrected chi connectivity index (χ3v) is 6.36. The molecule has 2 aliphatic rings. The van der Waals surface area contributed by atoms with E-state index in [-0.39, 0.29) is 30.1 Å². The number of methoxy groups -OCH3 is 1. The summed E-state index contributed by atoms with van der Waals surface area (Å²) in [6.07, 6.45) is -2.48. The van der Waals surface area contributed by atoms with E-state index in [1.165, 1.54) is 25.4 Å². The van der Waals surface area contributed by atoms with Crippen LogP contribution in [0.1, 0.15) is 28.6 Å². The number of aliphatic hydroxyl groups is 2. The van der Waals surface area contributed by atoms with Gasteiger partial charge in [0.15, 0.2) is 30.5 Å². The lowest BCUT2D eigenvalue weighted by Crippen LogP contribution is -2.38. The van der Waals surface area contributed by atoms with E-state index < -0.39 is 36.1 Å². The van der Waals surface area contributed by atoms with Gasteiger partial charge in [0.25, 0.3) is 5.88 Å². The molecule has 39 heavy (non-hydrogen) atoms. The molecule has 3 aromatic rings. The number of aliphatic hydroxyl groups excluding tert-OH is 2. The van der Waals surface area contributed by atoms with Crippen molar-refractivity contribution in [2.45, 2.75) is 37.7 Å². The highest BCUT2D eigenvalue weighted by Gasteiger charge is 2.43. The summed E-state index contributed by atoms with van der Waals surface area (Å²) in [7, 11) is 1.40. The quantitative estimate of drug-likeness (QED) is 0.202. The molecule has 4 heterocycles. The van der Waals surface area contributed by atoms with E-state index in [2.05, 4.69) is 30.4 Å². The minimum atomic E-state index is -1.66. The smallest absolute Gasteiger partial charge is 0.338 e. The summed E-state index contributed by atoms with van der Waals surface area (Å²) in [5.74, 6) is -0.963. The molecule has 204 valence electrons. The number of amidine groups is 1.